The van der Waals surface area contributed by atoms with Gasteiger partial charge in [-0.05, 0) is 12.1 Å². The lowest BCUT2D eigenvalue weighted by Crippen LogP contribution is -2.60. The molecule has 0 saturated carbocycles. The second-order valence-corrected chi connectivity index (χ2v) is 5.97. The maximum Gasteiger partial charge on any atom is 0.186 e. The van der Waals surface area contributed by atoms with E-state index in [0.29, 0.717) is 16.2 Å². The van der Waals surface area contributed by atoms with Crippen LogP contribution in [-0.2, 0) is 8.57 Å². The summed E-state index contributed by atoms with van der Waals surface area (Å²) in [5, 5.41) is 30.7. The Bertz CT molecular complexity index is 682. The Morgan fingerprint density at radius 2 is 2.09 bits per heavy atom. The molecule has 2 aromatic rings. The van der Waals surface area contributed by atoms with Gasteiger partial charge in [-0.2, -0.15) is 0 Å². The van der Waals surface area contributed by atoms with E-state index in [1.807, 2.05) is 6.07 Å². The van der Waals surface area contributed by atoms with Crippen molar-refractivity contribution in [1.82, 2.24) is 4.98 Å². The quantitative estimate of drug-likeness (QED) is 0.609. The van der Waals surface area contributed by atoms with Gasteiger partial charge >= 0.3 is 0 Å². The molecule has 3 rings (SSSR count). The summed E-state index contributed by atoms with van der Waals surface area (Å²) in [6, 6.07) is 5.34. The maximum absolute atomic E-state index is 10.3. The van der Waals surface area contributed by atoms with Crippen LogP contribution in [0.3, 0.4) is 0 Å². The molecule has 0 unspecified atom stereocenters. The number of H-pyrrole nitrogens is 1. The zero-order valence-electron chi connectivity index (χ0n) is 11.7. The molecule has 0 spiro atoms. The van der Waals surface area contributed by atoms with Crippen LogP contribution in [-0.4, -0.2) is 57.6 Å². The fraction of sp³-hybridized carbons (Fsp3) is 0.429. The van der Waals surface area contributed by atoms with Gasteiger partial charge in [0.25, 0.3) is 0 Å². The normalized spacial score (nSPS) is 31.4. The monoisotopic (exact) mass is 407 g/mol. The van der Waals surface area contributed by atoms with Crippen molar-refractivity contribution >= 4 is 38.8 Å². The number of nitrogens with one attached hydrogen (secondary N) is 1. The topological polar surface area (TPSA) is 104 Å². The number of benzene rings is 1. The summed E-state index contributed by atoms with van der Waals surface area (Å²) in [6.45, 7) is -0.471. The molecule has 1 fully saturated rings. The SMILES string of the molecule is OC[C@H]1O[C@@H](O)[C@H](OBr)[C@@H](Oc2c[nH]c3cccc(Cl)c23)[C@H]1O. The predicted octanol–water partition coefficient (Wildman–Crippen LogP) is 1.33. The van der Waals surface area contributed by atoms with Crippen molar-refractivity contribution in [3.63, 3.8) is 0 Å². The van der Waals surface area contributed by atoms with E-state index in [2.05, 4.69) is 21.2 Å². The highest BCUT2D eigenvalue weighted by molar-refractivity contribution is 9.06. The van der Waals surface area contributed by atoms with E-state index >= 15 is 0 Å². The first-order valence-corrected chi connectivity index (χ1v) is 7.91. The zero-order chi connectivity index (χ0) is 16.6. The van der Waals surface area contributed by atoms with Crippen LogP contribution in [0.4, 0.5) is 0 Å². The molecule has 0 aliphatic carbocycles. The molecule has 1 aliphatic heterocycles. The van der Waals surface area contributed by atoms with E-state index in [4.69, 9.17) is 24.9 Å². The van der Waals surface area contributed by atoms with Crippen molar-refractivity contribution in [3.05, 3.63) is 29.4 Å². The zero-order valence-corrected chi connectivity index (χ0v) is 14.1. The number of halogens is 2. The van der Waals surface area contributed by atoms with Crippen LogP contribution in [0.15, 0.2) is 24.4 Å². The van der Waals surface area contributed by atoms with E-state index in [9.17, 15) is 15.3 Å². The average Bonchev–Trinajstić information content (AvgIpc) is 2.95. The van der Waals surface area contributed by atoms with Gasteiger partial charge in [0.1, 0.15) is 18.0 Å². The van der Waals surface area contributed by atoms with Gasteiger partial charge in [-0.3, -0.25) is 3.83 Å². The molecule has 23 heavy (non-hydrogen) atoms. The summed E-state index contributed by atoms with van der Waals surface area (Å²) in [7, 11) is 0. The number of hydrogen-bond donors (Lipinski definition) is 4. The molecule has 7 nitrogen and oxygen atoms in total. The van der Waals surface area contributed by atoms with Crippen molar-refractivity contribution < 1.29 is 28.6 Å². The Kier molecular flexibility index (Phi) is 5.12. The van der Waals surface area contributed by atoms with Gasteiger partial charge in [-0.1, -0.05) is 17.7 Å². The Hall–Kier alpha value is -0.870. The number of aromatic amines is 1. The number of rotatable bonds is 4. The Balaban J connectivity index is 1.94. The van der Waals surface area contributed by atoms with Crippen molar-refractivity contribution in [2.45, 2.75) is 30.7 Å². The molecule has 0 radical (unpaired) electrons. The molecule has 4 N–H and O–H groups in total. The minimum absolute atomic E-state index is 0.398. The van der Waals surface area contributed by atoms with Gasteiger partial charge in [-0.25, -0.2) is 0 Å². The van der Waals surface area contributed by atoms with Crippen LogP contribution < -0.4 is 4.74 Å². The van der Waals surface area contributed by atoms with Crippen molar-refractivity contribution in [3.8, 4) is 5.75 Å². The van der Waals surface area contributed by atoms with Gasteiger partial charge in [0.05, 0.1) is 38.8 Å². The van der Waals surface area contributed by atoms with Crippen molar-refractivity contribution in [1.29, 1.82) is 0 Å². The summed E-state index contributed by atoms with van der Waals surface area (Å²) >= 11 is 9.00. The molecular formula is C14H15BrClNO6. The molecule has 1 aliphatic rings. The second-order valence-electron chi connectivity index (χ2n) is 5.19. The highest BCUT2D eigenvalue weighted by Crippen LogP contribution is 2.35. The van der Waals surface area contributed by atoms with Gasteiger partial charge < -0.3 is 29.8 Å². The Morgan fingerprint density at radius 1 is 1.30 bits per heavy atom. The molecule has 1 aromatic heterocycles. The van der Waals surface area contributed by atoms with E-state index in [0.717, 1.165) is 5.52 Å². The largest absolute Gasteiger partial charge is 0.482 e. The molecule has 2 heterocycles. The van der Waals surface area contributed by atoms with Crippen LogP contribution >= 0.6 is 27.9 Å². The summed E-state index contributed by atoms with van der Waals surface area (Å²) in [5.41, 5.74) is 0.768. The maximum atomic E-state index is 10.3. The van der Waals surface area contributed by atoms with Gasteiger partial charge in [0.2, 0.25) is 0 Å². The van der Waals surface area contributed by atoms with E-state index in [-0.39, 0.29) is 0 Å². The standard InChI is InChI=1S/C14H15BrClNO6/c15-23-13-12(11(19)9(5-18)22-14(13)20)21-8-4-17-7-3-1-2-6(16)10(7)8/h1-4,9,11-14,17-20H,5H2/t9-,11+,12+,13-,14-/m1/s1. The Labute approximate surface area is 145 Å². The summed E-state index contributed by atoms with van der Waals surface area (Å²) in [4.78, 5) is 3.02. The first-order valence-electron chi connectivity index (χ1n) is 6.89. The molecule has 0 amide bonds. The first-order chi connectivity index (χ1) is 11.1. The minimum Gasteiger partial charge on any atom is -0.482 e. The van der Waals surface area contributed by atoms with Gasteiger partial charge in [0.15, 0.2) is 18.5 Å². The third-order valence-electron chi connectivity index (χ3n) is 3.80. The summed E-state index contributed by atoms with van der Waals surface area (Å²) < 4.78 is 15.9. The fourth-order valence-electron chi connectivity index (χ4n) is 2.64. The smallest absolute Gasteiger partial charge is 0.186 e. The van der Waals surface area contributed by atoms with Crippen molar-refractivity contribution in [2.24, 2.45) is 0 Å². The van der Waals surface area contributed by atoms with Crippen LogP contribution in [0, 0.1) is 0 Å². The third-order valence-corrected chi connectivity index (χ3v) is 4.55. The summed E-state index contributed by atoms with van der Waals surface area (Å²) in [6.07, 6.45) is -3.95. The Morgan fingerprint density at radius 3 is 2.78 bits per heavy atom. The highest BCUT2D eigenvalue weighted by Gasteiger charge is 2.47. The number of aliphatic hydroxyl groups is 3. The van der Waals surface area contributed by atoms with Crippen LogP contribution in [0.1, 0.15) is 0 Å². The number of ether oxygens (including phenoxy) is 2. The van der Waals surface area contributed by atoms with E-state index in [1.54, 1.807) is 18.3 Å². The van der Waals surface area contributed by atoms with Crippen molar-refractivity contribution in [2.75, 3.05) is 6.61 Å². The van der Waals surface area contributed by atoms with E-state index < -0.39 is 37.3 Å². The number of hydrogen-bond acceptors (Lipinski definition) is 6. The number of aliphatic hydroxyl groups excluding tert-OH is 3. The third kappa shape index (κ3) is 3.08. The number of aromatic nitrogens is 1. The fourth-order valence-corrected chi connectivity index (χ4v) is 3.30. The molecule has 1 saturated heterocycles. The average molecular weight is 409 g/mol. The van der Waals surface area contributed by atoms with Crippen LogP contribution in [0.2, 0.25) is 5.02 Å². The molecule has 5 atom stereocenters. The lowest BCUT2D eigenvalue weighted by atomic mass is 9.99. The molecule has 0 bridgehead atoms. The predicted molar refractivity (Wildman–Crippen MR) is 85.5 cm³/mol. The van der Waals surface area contributed by atoms with Gasteiger partial charge in [-0.15, -0.1) is 0 Å². The number of fused-ring (bicyclic) bond motifs is 1. The van der Waals surface area contributed by atoms with E-state index in [1.165, 1.54) is 0 Å². The van der Waals surface area contributed by atoms with Crippen LogP contribution in [0.25, 0.3) is 10.9 Å². The lowest BCUT2D eigenvalue weighted by Gasteiger charge is -2.40. The molecule has 9 heteroatoms. The van der Waals surface area contributed by atoms with Gasteiger partial charge in [0, 0.05) is 6.20 Å². The minimum atomic E-state index is -1.37. The summed E-state index contributed by atoms with van der Waals surface area (Å²) in [5.74, 6) is 0.398. The molecule has 126 valence electrons. The highest BCUT2D eigenvalue weighted by atomic mass is 79.9. The molecular weight excluding hydrogens is 394 g/mol. The van der Waals surface area contributed by atoms with Crippen LogP contribution in [0.5, 0.6) is 5.75 Å². The first kappa shape index (κ1) is 17.0. The second kappa shape index (κ2) is 6.94. The lowest BCUT2D eigenvalue weighted by molar-refractivity contribution is -0.272. The molecule has 1 aromatic carbocycles.